The molecule has 1 heterocycles. The van der Waals surface area contributed by atoms with E-state index in [1.165, 1.54) is 0 Å². The van der Waals surface area contributed by atoms with Crippen molar-refractivity contribution in [2.24, 2.45) is 5.92 Å². The van der Waals surface area contributed by atoms with Crippen LogP contribution in [0, 0.1) is 5.92 Å². The van der Waals surface area contributed by atoms with E-state index in [0.29, 0.717) is 23.7 Å². The van der Waals surface area contributed by atoms with Crippen LogP contribution in [0.1, 0.15) is 31.4 Å². The molecule has 1 aliphatic rings. The van der Waals surface area contributed by atoms with Crippen LogP contribution in [0.3, 0.4) is 0 Å². The molecule has 1 N–H and O–H groups in total. The van der Waals surface area contributed by atoms with Crippen molar-refractivity contribution in [2.75, 3.05) is 31.0 Å². The Bertz CT molecular complexity index is 887. The Morgan fingerprint density at radius 3 is 2.31 bits per heavy atom. The fraction of sp³-hybridized carbons (Fsp3) is 0.391. The second-order valence-corrected chi connectivity index (χ2v) is 7.10. The second-order valence-electron chi connectivity index (χ2n) is 7.10. The van der Waals surface area contributed by atoms with E-state index in [0.717, 1.165) is 29.7 Å². The Labute approximate surface area is 171 Å². The number of rotatable bonds is 7. The molecule has 1 atom stereocenters. The minimum Gasteiger partial charge on any atom is -0.493 e. The van der Waals surface area contributed by atoms with E-state index in [1.807, 2.05) is 6.07 Å². The van der Waals surface area contributed by atoms with Crippen LogP contribution >= 0.6 is 0 Å². The first-order chi connectivity index (χ1) is 14.0. The quantitative estimate of drug-likeness (QED) is 0.773. The van der Waals surface area contributed by atoms with Crippen LogP contribution < -0.4 is 19.7 Å². The number of carbonyl (C=O) groups is 2. The average molecular weight is 396 g/mol. The van der Waals surface area contributed by atoms with Gasteiger partial charge in [-0.1, -0.05) is 32.0 Å². The number of aryl methyl sites for hydroxylation is 2. The molecule has 1 aliphatic heterocycles. The molecule has 2 aromatic rings. The number of amides is 2. The minimum absolute atomic E-state index is 0.00642. The molecule has 1 unspecified atom stereocenters. The van der Waals surface area contributed by atoms with Gasteiger partial charge in [-0.3, -0.25) is 9.59 Å². The summed E-state index contributed by atoms with van der Waals surface area (Å²) >= 11 is 0. The van der Waals surface area contributed by atoms with Crippen molar-refractivity contribution in [3.05, 3.63) is 47.5 Å². The Balaban J connectivity index is 1.78. The first-order valence-electron chi connectivity index (χ1n) is 9.96. The lowest BCUT2D eigenvalue weighted by molar-refractivity contribution is -0.122. The number of ether oxygens (including phenoxy) is 2. The van der Waals surface area contributed by atoms with Gasteiger partial charge in [-0.05, 0) is 36.1 Å². The smallest absolute Gasteiger partial charge is 0.229 e. The average Bonchev–Trinajstić information content (AvgIpc) is 3.14. The van der Waals surface area contributed by atoms with Crippen molar-refractivity contribution < 1.29 is 19.1 Å². The van der Waals surface area contributed by atoms with Gasteiger partial charge in [0.05, 0.1) is 20.1 Å². The molecule has 0 aromatic heterocycles. The van der Waals surface area contributed by atoms with Crippen LogP contribution in [-0.2, 0) is 22.4 Å². The lowest BCUT2D eigenvalue weighted by atomic mass is 10.0. The van der Waals surface area contributed by atoms with Crippen molar-refractivity contribution in [3.63, 3.8) is 0 Å². The zero-order chi connectivity index (χ0) is 21.0. The van der Waals surface area contributed by atoms with Gasteiger partial charge in [-0.25, -0.2) is 0 Å². The third-order valence-electron chi connectivity index (χ3n) is 5.38. The van der Waals surface area contributed by atoms with Crippen LogP contribution in [-0.4, -0.2) is 32.6 Å². The van der Waals surface area contributed by atoms with E-state index in [-0.39, 0.29) is 18.2 Å². The molecule has 154 valence electrons. The Morgan fingerprint density at radius 2 is 1.72 bits per heavy atom. The van der Waals surface area contributed by atoms with Crippen molar-refractivity contribution in [3.8, 4) is 11.5 Å². The highest BCUT2D eigenvalue weighted by atomic mass is 16.5. The summed E-state index contributed by atoms with van der Waals surface area (Å²) in [6, 6.07) is 11.4. The standard InChI is InChI=1S/C23H28N2O4/c1-5-15-8-7-9-16(6-2)22(15)25-14-17(12-21(25)26)23(27)24-18-10-11-19(28-3)20(13-18)29-4/h7-11,13,17H,5-6,12,14H2,1-4H3,(H,24,27). The lowest BCUT2D eigenvalue weighted by Gasteiger charge is -2.23. The van der Waals surface area contributed by atoms with Gasteiger partial charge in [0, 0.05) is 30.4 Å². The summed E-state index contributed by atoms with van der Waals surface area (Å²) < 4.78 is 10.5. The van der Waals surface area contributed by atoms with E-state index in [4.69, 9.17) is 9.47 Å². The molecular formula is C23H28N2O4. The topological polar surface area (TPSA) is 67.9 Å². The third-order valence-corrected chi connectivity index (χ3v) is 5.38. The van der Waals surface area contributed by atoms with Gasteiger partial charge in [-0.15, -0.1) is 0 Å². The van der Waals surface area contributed by atoms with Gasteiger partial charge in [0.2, 0.25) is 11.8 Å². The van der Waals surface area contributed by atoms with Crippen LogP contribution in [0.2, 0.25) is 0 Å². The molecular weight excluding hydrogens is 368 g/mol. The predicted molar refractivity (Wildman–Crippen MR) is 114 cm³/mol. The predicted octanol–water partition coefficient (Wildman–Crippen LogP) is 3.82. The van der Waals surface area contributed by atoms with Gasteiger partial charge in [0.1, 0.15) is 0 Å². The summed E-state index contributed by atoms with van der Waals surface area (Å²) in [6.45, 7) is 4.56. The Kier molecular flexibility index (Phi) is 6.42. The number of methoxy groups -OCH3 is 2. The van der Waals surface area contributed by atoms with Gasteiger partial charge in [0.25, 0.3) is 0 Å². The maximum Gasteiger partial charge on any atom is 0.229 e. The molecule has 1 saturated heterocycles. The largest absolute Gasteiger partial charge is 0.493 e. The molecule has 29 heavy (non-hydrogen) atoms. The van der Waals surface area contributed by atoms with E-state index in [2.05, 4.69) is 31.3 Å². The minimum atomic E-state index is -0.398. The monoisotopic (exact) mass is 396 g/mol. The lowest BCUT2D eigenvalue weighted by Crippen LogP contribution is -2.29. The number of nitrogens with zero attached hydrogens (tertiary/aromatic N) is 1. The van der Waals surface area contributed by atoms with E-state index < -0.39 is 5.92 Å². The maximum absolute atomic E-state index is 12.8. The summed E-state index contributed by atoms with van der Waals surface area (Å²) in [7, 11) is 3.11. The van der Waals surface area contributed by atoms with Crippen LogP contribution in [0.4, 0.5) is 11.4 Å². The molecule has 0 bridgehead atoms. The highest BCUT2D eigenvalue weighted by Crippen LogP contribution is 2.34. The summed E-state index contributed by atoms with van der Waals surface area (Å²) in [6.07, 6.45) is 1.89. The highest BCUT2D eigenvalue weighted by molar-refractivity contribution is 6.04. The molecule has 0 aliphatic carbocycles. The first kappa shape index (κ1) is 20.7. The molecule has 2 aromatic carbocycles. The van der Waals surface area contributed by atoms with Gasteiger partial charge in [0.15, 0.2) is 11.5 Å². The number of nitrogens with one attached hydrogen (secondary N) is 1. The van der Waals surface area contributed by atoms with Crippen molar-refractivity contribution in [1.82, 2.24) is 0 Å². The van der Waals surface area contributed by atoms with Gasteiger partial charge in [-0.2, -0.15) is 0 Å². The molecule has 6 nitrogen and oxygen atoms in total. The number of para-hydroxylation sites is 1. The van der Waals surface area contributed by atoms with Crippen LogP contribution in [0.5, 0.6) is 11.5 Å². The highest BCUT2D eigenvalue weighted by Gasteiger charge is 2.36. The number of hydrogen-bond acceptors (Lipinski definition) is 4. The number of anilines is 2. The fourth-order valence-electron chi connectivity index (χ4n) is 3.82. The van der Waals surface area contributed by atoms with Crippen molar-refractivity contribution in [2.45, 2.75) is 33.1 Å². The summed E-state index contributed by atoms with van der Waals surface area (Å²) in [4.78, 5) is 27.4. The van der Waals surface area contributed by atoms with E-state index >= 15 is 0 Å². The number of carbonyl (C=O) groups excluding carboxylic acids is 2. The fourth-order valence-corrected chi connectivity index (χ4v) is 3.82. The SMILES string of the molecule is CCc1cccc(CC)c1N1CC(C(=O)Nc2ccc(OC)c(OC)c2)CC1=O. The summed E-state index contributed by atoms with van der Waals surface area (Å²) in [5, 5.41) is 2.91. The van der Waals surface area contributed by atoms with Crippen LogP contribution in [0.15, 0.2) is 36.4 Å². The van der Waals surface area contributed by atoms with Crippen molar-refractivity contribution >= 4 is 23.2 Å². The Morgan fingerprint density at radius 1 is 1.07 bits per heavy atom. The van der Waals surface area contributed by atoms with E-state index in [1.54, 1.807) is 37.3 Å². The summed E-state index contributed by atoms with van der Waals surface area (Å²) in [5.41, 5.74) is 3.86. The first-order valence-corrected chi connectivity index (χ1v) is 9.96. The molecule has 0 spiro atoms. The normalized spacial score (nSPS) is 16.1. The van der Waals surface area contributed by atoms with Crippen LogP contribution in [0.25, 0.3) is 0 Å². The summed E-state index contributed by atoms with van der Waals surface area (Å²) in [5.74, 6) is 0.563. The molecule has 1 fully saturated rings. The Hall–Kier alpha value is -3.02. The van der Waals surface area contributed by atoms with E-state index in [9.17, 15) is 9.59 Å². The number of benzene rings is 2. The molecule has 3 rings (SSSR count). The third kappa shape index (κ3) is 4.21. The van der Waals surface area contributed by atoms with Crippen molar-refractivity contribution in [1.29, 1.82) is 0 Å². The maximum atomic E-state index is 12.8. The zero-order valence-electron chi connectivity index (χ0n) is 17.5. The number of hydrogen-bond donors (Lipinski definition) is 1. The van der Waals surface area contributed by atoms with Gasteiger partial charge >= 0.3 is 0 Å². The van der Waals surface area contributed by atoms with Gasteiger partial charge < -0.3 is 19.7 Å². The molecule has 0 radical (unpaired) electrons. The molecule has 0 saturated carbocycles. The zero-order valence-corrected chi connectivity index (χ0v) is 17.5. The molecule has 6 heteroatoms. The molecule has 2 amide bonds. The second kappa shape index (κ2) is 8.99.